The van der Waals surface area contributed by atoms with Gasteiger partial charge in [-0.25, -0.2) is 4.98 Å². The molecule has 1 unspecified atom stereocenters. The van der Waals surface area contributed by atoms with Crippen LogP contribution < -0.4 is 4.90 Å². The molecule has 1 saturated carbocycles. The van der Waals surface area contributed by atoms with Gasteiger partial charge in [0.05, 0.1) is 35.5 Å². The molecular formula is C23H17ClF3N5O. The molecule has 1 saturated heterocycles. The van der Waals surface area contributed by atoms with E-state index in [1.54, 1.807) is 29.4 Å². The van der Waals surface area contributed by atoms with E-state index >= 15 is 0 Å². The topological polar surface area (TPSA) is 66.8 Å². The number of halogens is 4. The SMILES string of the molecule is O=C1C(C2CC2)[C@@H](c2ccc(-c3cnn(C(F)(F)F)c3)cc2Cl)N1c1ccc2[nH]cnc2c1. The van der Waals surface area contributed by atoms with Crippen molar-refractivity contribution in [1.82, 2.24) is 19.7 Å². The number of nitrogens with one attached hydrogen (secondary N) is 1. The lowest BCUT2D eigenvalue weighted by Crippen LogP contribution is -2.56. The van der Waals surface area contributed by atoms with E-state index in [0.717, 1.165) is 47.5 Å². The number of aromatic amines is 1. The summed E-state index contributed by atoms with van der Waals surface area (Å²) >= 11 is 6.65. The van der Waals surface area contributed by atoms with Crippen molar-refractivity contribution in [2.24, 2.45) is 11.8 Å². The van der Waals surface area contributed by atoms with Crippen LogP contribution in [0.4, 0.5) is 18.9 Å². The predicted octanol–water partition coefficient (Wildman–Crippen LogP) is 5.67. The second-order valence-corrected chi connectivity index (χ2v) is 8.91. The Kier molecular flexibility index (Phi) is 4.35. The molecule has 1 aliphatic heterocycles. The Balaban J connectivity index is 1.37. The van der Waals surface area contributed by atoms with E-state index in [9.17, 15) is 18.0 Å². The molecule has 0 bridgehead atoms. The van der Waals surface area contributed by atoms with Crippen LogP contribution >= 0.6 is 11.6 Å². The average molecular weight is 472 g/mol. The van der Waals surface area contributed by atoms with Gasteiger partial charge in [0.25, 0.3) is 0 Å². The van der Waals surface area contributed by atoms with Crippen LogP contribution in [0.25, 0.3) is 22.2 Å². The molecule has 0 radical (unpaired) electrons. The number of hydrogen-bond donors (Lipinski definition) is 1. The summed E-state index contributed by atoms with van der Waals surface area (Å²) in [6.45, 7) is 0. The van der Waals surface area contributed by atoms with Crippen molar-refractivity contribution in [1.29, 1.82) is 0 Å². The molecule has 10 heteroatoms. The zero-order valence-electron chi connectivity index (χ0n) is 17.1. The van der Waals surface area contributed by atoms with Crippen LogP contribution in [0.3, 0.4) is 0 Å². The third-order valence-corrected chi connectivity index (χ3v) is 6.78. The summed E-state index contributed by atoms with van der Waals surface area (Å²) in [6, 6.07) is 10.6. The van der Waals surface area contributed by atoms with Gasteiger partial charge in [-0.1, -0.05) is 23.7 Å². The average Bonchev–Trinajstić information content (AvgIpc) is 3.25. The fraction of sp³-hybridized carbons (Fsp3) is 0.261. The summed E-state index contributed by atoms with van der Waals surface area (Å²) in [5.41, 5.74) is 4.00. The Morgan fingerprint density at radius 3 is 2.61 bits per heavy atom. The number of hydrogen-bond acceptors (Lipinski definition) is 3. The maximum Gasteiger partial charge on any atom is 0.504 e. The van der Waals surface area contributed by atoms with E-state index in [-0.39, 0.29) is 22.5 Å². The molecule has 1 N–H and O–H groups in total. The number of fused-ring (bicyclic) bond motifs is 1. The first-order valence-corrected chi connectivity index (χ1v) is 10.9. The summed E-state index contributed by atoms with van der Waals surface area (Å²) in [7, 11) is 0. The summed E-state index contributed by atoms with van der Waals surface area (Å²) < 4.78 is 38.6. The maximum absolute atomic E-state index is 13.1. The van der Waals surface area contributed by atoms with E-state index in [1.807, 2.05) is 18.2 Å². The zero-order chi connectivity index (χ0) is 22.9. The highest BCUT2D eigenvalue weighted by Crippen LogP contribution is 2.55. The molecule has 6 rings (SSSR count). The maximum atomic E-state index is 13.1. The van der Waals surface area contributed by atoms with Gasteiger partial charge in [-0.3, -0.25) is 4.79 Å². The second kappa shape index (κ2) is 7.08. The molecule has 3 heterocycles. The van der Waals surface area contributed by atoms with Gasteiger partial charge in [-0.2, -0.15) is 9.78 Å². The van der Waals surface area contributed by atoms with Crippen LogP contribution in [-0.4, -0.2) is 25.7 Å². The minimum absolute atomic E-state index is 0.0369. The number of carbonyl (C=O) groups is 1. The van der Waals surface area contributed by atoms with Crippen molar-refractivity contribution in [3.8, 4) is 11.1 Å². The molecule has 0 spiro atoms. The number of benzene rings is 2. The van der Waals surface area contributed by atoms with Gasteiger partial charge in [0.2, 0.25) is 5.91 Å². The quantitative estimate of drug-likeness (QED) is 0.390. The van der Waals surface area contributed by atoms with E-state index in [0.29, 0.717) is 22.1 Å². The molecule has 6 nitrogen and oxygen atoms in total. The van der Waals surface area contributed by atoms with Crippen molar-refractivity contribution >= 4 is 34.2 Å². The molecule has 1 aliphatic carbocycles. The van der Waals surface area contributed by atoms with Crippen LogP contribution in [0.15, 0.2) is 55.1 Å². The van der Waals surface area contributed by atoms with Crippen LogP contribution in [0.1, 0.15) is 24.4 Å². The van der Waals surface area contributed by atoms with Crippen molar-refractivity contribution in [3.63, 3.8) is 0 Å². The third-order valence-electron chi connectivity index (χ3n) is 6.45. The summed E-state index contributed by atoms with van der Waals surface area (Å²) in [4.78, 5) is 22.2. The molecule has 2 aromatic heterocycles. The summed E-state index contributed by atoms with van der Waals surface area (Å²) in [6.07, 6.45) is 1.12. The highest BCUT2D eigenvalue weighted by atomic mass is 35.5. The Morgan fingerprint density at radius 2 is 1.91 bits per heavy atom. The fourth-order valence-electron chi connectivity index (χ4n) is 4.67. The molecule has 2 aliphatic rings. The molecule has 4 aromatic rings. The lowest BCUT2D eigenvalue weighted by Gasteiger charge is -2.48. The number of amides is 1. The first kappa shape index (κ1) is 20.3. The van der Waals surface area contributed by atoms with Crippen molar-refractivity contribution < 1.29 is 18.0 Å². The van der Waals surface area contributed by atoms with Crippen molar-refractivity contribution in [2.45, 2.75) is 25.2 Å². The van der Waals surface area contributed by atoms with Gasteiger partial charge >= 0.3 is 6.30 Å². The number of carbonyl (C=O) groups excluding carboxylic acids is 1. The van der Waals surface area contributed by atoms with Crippen LogP contribution in [0.2, 0.25) is 5.02 Å². The molecule has 2 aromatic carbocycles. The Labute approximate surface area is 191 Å². The second-order valence-electron chi connectivity index (χ2n) is 8.50. The smallest absolute Gasteiger partial charge is 0.345 e. The van der Waals surface area contributed by atoms with Gasteiger partial charge in [0.1, 0.15) is 0 Å². The number of aromatic nitrogens is 4. The van der Waals surface area contributed by atoms with Gasteiger partial charge in [0, 0.05) is 22.5 Å². The minimum Gasteiger partial charge on any atom is -0.345 e. The van der Waals surface area contributed by atoms with E-state index in [2.05, 4.69) is 15.1 Å². The highest BCUT2D eigenvalue weighted by Gasteiger charge is 2.55. The number of β-lactam (4-membered cyclic amide) rings is 1. The number of alkyl halides is 3. The lowest BCUT2D eigenvalue weighted by molar-refractivity contribution is -0.212. The first-order valence-electron chi connectivity index (χ1n) is 10.5. The largest absolute Gasteiger partial charge is 0.504 e. The molecule has 2 atom stereocenters. The van der Waals surface area contributed by atoms with Crippen molar-refractivity contribution in [2.75, 3.05) is 4.90 Å². The van der Waals surface area contributed by atoms with Gasteiger partial charge in [-0.05, 0) is 54.2 Å². The number of rotatable bonds is 4. The Morgan fingerprint density at radius 1 is 1.09 bits per heavy atom. The van der Waals surface area contributed by atoms with E-state index < -0.39 is 6.30 Å². The van der Waals surface area contributed by atoms with Gasteiger partial charge < -0.3 is 9.88 Å². The van der Waals surface area contributed by atoms with E-state index in [4.69, 9.17) is 11.6 Å². The summed E-state index contributed by atoms with van der Waals surface area (Å²) in [5.74, 6) is 0.230. The van der Waals surface area contributed by atoms with Crippen molar-refractivity contribution in [3.05, 3.63) is 65.7 Å². The van der Waals surface area contributed by atoms with Gasteiger partial charge in [-0.15, -0.1) is 13.2 Å². The Bertz CT molecular complexity index is 1390. The normalized spacial score (nSPS) is 21.0. The van der Waals surface area contributed by atoms with Gasteiger partial charge in [0.15, 0.2) is 0 Å². The zero-order valence-corrected chi connectivity index (χ0v) is 17.8. The molecule has 1 amide bonds. The fourth-order valence-corrected chi connectivity index (χ4v) is 4.97. The summed E-state index contributed by atoms with van der Waals surface area (Å²) in [5, 5.41) is 3.80. The molecule has 168 valence electrons. The van der Waals surface area contributed by atoms with Crippen LogP contribution in [0, 0.1) is 11.8 Å². The molecular weight excluding hydrogens is 455 g/mol. The van der Waals surface area contributed by atoms with E-state index in [1.165, 1.54) is 0 Å². The predicted molar refractivity (Wildman–Crippen MR) is 117 cm³/mol. The number of anilines is 1. The monoisotopic (exact) mass is 471 g/mol. The standard InChI is InChI=1S/C23H17ClF3N5O/c24-17-7-13(14-9-30-31(10-14)23(25,26)27)3-5-16(17)21-20(12-1-2-12)22(33)32(21)15-4-6-18-19(8-15)29-11-28-18/h3-12,20-21H,1-2H2,(H,28,29)/t20?,21-/m1/s1. The number of H-pyrrole nitrogens is 1. The number of nitrogens with zero attached hydrogens (tertiary/aromatic N) is 4. The molecule has 2 fully saturated rings. The highest BCUT2D eigenvalue weighted by molar-refractivity contribution is 6.32. The molecule has 33 heavy (non-hydrogen) atoms. The Hall–Kier alpha value is -3.33. The lowest BCUT2D eigenvalue weighted by atomic mass is 9.78. The minimum atomic E-state index is -4.58. The third kappa shape index (κ3) is 3.30. The van der Waals surface area contributed by atoms with Crippen LogP contribution in [-0.2, 0) is 11.1 Å². The van der Waals surface area contributed by atoms with Crippen LogP contribution in [0.5, 0.6) is 0 Å². The first-order chi connectivity index (χ1) is 15.8. The number of imidazole rings is 1.